The highest BCUT2D eigenvalue weighted by molar-refractivity contribution is 8.00. The van der Waals surface area contributed by atoms with E-state index in [0.717, 1.165) is 4.90 Å². The van der Waals surface area contributed by atoms with Crippen molar-refractivity contribution < 1.29 is 9.72 Å². The van der Waals surface area contributed by atoms with E-state index in [-0.39, 0.29) is 17.3 Å². The maximum atomic E-state index is 11.3. The first-order valence-corrected chi connectivity index (χ1v) is 5.81. The number of hydrogen-bond acceptors (Lipinski definition) is 5. The molecule has 0 aliphatic rings. The summed E-state index contributed by atoms with van der Waals surface area (Å²) in [5, 5.41) is 12.0. The highest BCUT2D eigenvalue weighted by Crippen LogP contribution is 2.20. The number of hydrazine groups is 1. The number of nitro benzene ring substituents is 1. The Kier molecular flexibility index (Phi) is 4.92. The number of benzene rings is 1. The number of nitrogens with zero attached hydrogens (tertiary/aromatic N) is 2. The second-order valence-corrected chi connectivity index (χ2v) is 4.52. The number of nitrogens with one attached hydrogen (secondary N) is 1. The van der Waals surface area contributed by atoms with E-state index in [0.29, 0.717) is 0 Å². The zero-order chi connectivity index (χ0) is 12.8. The fraction of sp³-hybridized carbons (Fsp3) is 0.300. The number of amides is 1. The third kappa shape index (κ3) is 4.83. The maximum absolute atomic E-state index is 11.3. The Hall–Kier alpha value is -1.60. The fourth-order valence-corrected chi connectivity index (χ4v) is 1.79. The van der Waals surface area contributed by atoms with Crippen molar-refractivity contribution >= 4 is 23.4 Å². The van der Waals surface area contributed by atoms with Crippen LogP contribution in [0.15, 0.2) is 29.2 Å². The zero-order valence-corrected chi connectivity index (χ0v) is 10.4. The van der Waals surface area contributed by atoms with Crippen molar-refractivity contribution in [2.45, 2.75) is 4.90 Å². The van der Waals surface area contributed by atoms with Gasteiger partial charge in [0.25, 0.3) is 5.69 Å². The Balaban J connectivity index is 2.47. The third-order valence-corrected chi connectivity index (χ3v) is 2.78. The number of thioether (sulfide) groups is 1. The molecule has 0 bridgehead atoms. The number of rotatable bonds is 5. The van der Waals surface area contributed by atoms with Gasteiger partial charge < -0.3 is 0 Å². The summed E-state index contributed by atoms with van der Waals surface area (Å²) in [6.45, 7) is 0. The average molecular weight is 255 g/mol. The summed E-state index contributed by atoms with van der Waals surface area (Å²) in [6.07, 6.45) is 0. The van der Waals surface area contributed by atoms with Crippen LogP contribution in [0.1, 0.15) is 0 Å². The third-order valence-electron chi connectivity index (χ3n) is 1.77. The Labute approximate surface area is 103 Å². The first-order chi connectivity index (χ1) is 7.99. The zero-order valence-electron chi connectivity index (χ0n) is 9.54. The van der Waals surface area contributed by atoms with Crippen molar-refractivity contribution in [2.24, 2.45) is 0 Å². The van der Waals surface area contributed by atoms with E-state index in [9.17, 15) is 14.9 Å². The number of hydrogen-bond donors (Lipinski definition) is 1. The lowest BCUT2D eigenvalue weighted by molar-refractivity contribution is -0.384. The van der Waals surface area contributed by atoms with Crippen LogP contribution in [-0.2, 0) is 4.79 Å². The topological polar surface area (TPSA) is 75.5 Å². The molecule has 0 aromatic heterocycles. The molecular weight excluding hydrogens is 242 g/mol. The molecule has 0 saturated heterocycles. The maximum Gasteiger partial charge on any atom is 0.269 e. The predicted octanol–water partition coefficient (Wildman–Crippen LogP) is 1.28. The first-order valence-electron chi connectivity index (χ1n) is 4.83. The van der Waals surface area contributed by atoms with Crippen LogP contribution < -0.4 is 5.43 Å². The van der Waals surface area contributed by atoms with Crippen LogP contribution in [0.2, 0.25) is 0 Å². The van der Waals surface area contributed by atoms with Gasteiger partial charge in [-0.2, -0.15) is 0 Å². The molecule has 0 heterocycles. The van der Waals surface area contributed by atoms with Crippen molar-refractivity contribution in [1.82, 2.24) is 10.4 Å². The number of carbonyl (C=O) groups is 1. The summed E-state index contributed by atoms with van der Waals surface area (Å²) in [7, 11) is 3.46. The van der Waals surface area contributed by atoms with E-state index < -0.39 is 4.92 Å². The molecule has 0 saturated carbocycles. The average Bonchev–Trinajstić information content (AvgIpc) is 2.26. The van der Waals surface area contributed by atoms with E-state index in [1.54, 1.807) is 31.2 Å². The van der Waals surface area contributed by atoms with Crippen LogP contribution in [-0.4, -0.2) is 35.7 Å². The molecule has 7 heteroatoms. The molecule has 0 unspecified atom stereocenters. The smallest absolute Gasteiger partial charge is 0.269 e. The summed E-state index contributed by atoms with van der Waals surface area (Å²) in [6, 6.07) is 6.11. The molecule has 1 rings (SSSR count). The van der Waals surface area contributed by atoms with E-state index in [1.807, 2.05) is 0 Å². The van der Waals surface area contributed by atoms with E-state index in [4.69, 9.17) is 0 Å². The second kappa shape index (κ2) is 6.21. The molecule has 0 spiro atoms. The lowest BCUT2D eigenvalue weighted by Crippen LogP contribution is -2.37. The van der Waals surface area contributed by atoms with Crippen LogP contribution in [0.4, 0.5) is 5.69 Å². The number of non-ortho nitro benzene ring substituents is 1. The van der Waals surface area contributed by atoms with Gasteiger partial charge in [0.05, 0.1) is 10.7 Å². The van der Waals surface area contributed by atoms with Crippen molar-refractivity contribution in [3.05, 3.63) is 34.4 Å². The monoisotopic (exact) mass is 255 g/mol. The molecule has 92 valence electrons. The summed E-state index contributed by atoms with van der Waals surface area (Å²) in [5.41, 5.74) is 2.66. The molecule has 1 aromatic carbocycles. The van der Waals surface area contributed by atoms with Gasteiger partial charge in [-0.1, -0.05) is 0 Å². The molecule has 1 aromatic rings. The van der Waals surface area contributed by atoms with Crippen LogP contribution in [0.25, 0.3) is 0 Å². The highest BCUT2D eigenvalue weighted by Gasteiger charge is 2.06. The van der Waals surface area contributed by atoms with Crippen LogP contribution in [0.3, 0.4) is 0 Å². The van der Waals surface area contributed by atoms with Crippen LogP contribution >= 0.6 is 11.8 Å². The quantitative estimate of drug-likeness (QED) is 0.487. The van der Waals surface area contributed by atoms with Crippen LogP contribution in [0.5, 0.6) is 0 Å². The molecular formula is C10H13N3O3S. The second-order valence-electron chi connectivity index (χ2n) is 3.47. The normalized spacial score (nSPS) is 10.3. The minimum absolute atomic E-state index is 0.0482. The van der Waals surface area contributed by atoms with Gasteiger partial charge in [0.1, 0.15) is 0 Å². The van der Waals surface area contributed by atoms with Crippen molar-refractivity contribution in [2.75, 3.05) is 19.8 Å². The molecule has 0 atom stereocenters. The van der Waals surface area contributed by atoms with Crippen molar-refractivity contribution in [3.8, 4) is 0 Å². The van der Waals surface area contributed by atoms with Crippen LogP contribution in [0, 0.1) is 10.1 Å². The molecule has 0 aliphatic heterocycles. The van der Waals surface area contributed by atoms with E-state index in [2.05, 4.69) is 5.43 Å². The number of nitro groups is 1. The molecule has 0 fully saturated rings. The summed E-state index contributed by atoms with van der Waals surface area (Å²) >= 11 is 1.33. The first kappa shape index (κ1) is 13.5. The molecule has 1 amide bonds. The Morgan fingerprint density at radius 2 is 2.00 bits per heavy atom. The number of carbonyl (C=O) groups excluding carboxylic acids is 1. The molecule has 0 aliphatic carbocycles. The predicted molar refractivity (Wildman–Crippen MR) is 65.7 cm³/mol. The van der Waals surface area contributed by atoms with Gasteiger partial charge in [0.15, 0.2) is 0 Å². The van der Waals surface area contributed by atoms with Gasteiger partial charge in [0.2, 0.25) is 5.91 Å². The minimum atomic E-state index is -0.451. The fourth-order valence-electron chi connectivity index (χ4n) is 1.09. The molecule has 6 nitrogen and oxygen atoms in total. The lowest BCUT2D eigenvalue weighted by atomic mass is 10.3. The summed E-state index contributed by atoms with van der Waals surface area (Å²) in [4.78, 5) is 22.1. The Bertz CT molecular complexity index is 406. The van der Waals surface area contributed by atoms with Gasteiger partial charge >= 0.3 is 0 Å². The molecule has 1 N–H and O–H groups in total. The molecule has 17 heavy (non-hydrogen) atoms. The highest BCUT2D eigenvalue weighted by atomic mass is 32.2. The van der Waals surface area contributed by atoms with Gasteiger partial charge in [-0.05, 0) is 12.1 Å². The van der Waals surface area contributed by atoms with E-state index >= 15 is 0 Å². The summed E-state index contributed by atoms with van der Waals surface area (Å²) in [5.74, 6) is 0.161. The largest absolute Gasteiger partial charge is 0.289 e. The molecule has 0 radical (unpaired) electrons. The lowest BCUT2D eigenvalue weighted by Gasteiger charge is -2.11. The van der Waals surface area contributed by atoms with Gasteiger partial charge in [-0.25, -0.2) is 5.01 Å². The standard InChI is InChI=1S/C10H13N3O3S/c1-12(2)11-10(14)7-17-9-5-3-8(4-6-9)13(15)16/h3-6H,7H2,1-2H3,(H,11,14). The van der Waals surface area contributed by atoms with E-state index in [1.165, 1.54) is 23.9 Å². The Morgan fingerprint density at radius 1 is 1.41 bits per heavy atom. The van der Waals surface area contributed by atoms with Crippen molar-refractivity contribution in [1.29, 1.82) is 0 Å². The van der Waals surface area contributed by atoms with Gasteiger partial charge in [-0.3, -0.25) is 20.3 Å². The minimum Gasteiger partial charge on any atom is -0.289 e. The SMILES string of the molecule is CN(C)NC(=O)CSc1ccc([N+](=O)[O-])cc1. The van der Waals surface area contributed by atoms with Crippen molar-refractivity contribution in [3.63, 3.8) is 0 Å². The van der Waals surface area contributed by atoms with Gasteiger partial charge in [-0.15, -0.1) is 11.8 Å². The summed E-state index contributed by atoms with van der Waals surface area (Å²) < 4.78 is 0. The Morgan fingerprint density at radius 3 is 2.47 bits per heavy atom. The van der Waals surface area contributed by atoms with Gasteiger partial charge in [0, 0.05) is 31.1 Å².